The van der Waals surface area contributed by atoms with Gasteiger partial charge in [0.25, 0.3) is 0 Å². The van der Waals surface area contributed by atoms with Crippen molar-refractivity contribution in [3.8, 4) is 11.1 Å². The average Bonchev–Trinajstić information content (AvgIpc) is 2.53. The third kappa shape index (κ3) is 3.13. The van der Waals surface area contributed by atoms with E-state index in [1.165, 1.54) is 11.8 Å². The van der Waals surface area contributed by atoms with Gasteiger partial charge in [-0.05, 0) is 30.5 Å². The molecular formula is C16H17N5O2. The molecule has 0 saturated carbocycles. The first-order valence-electron chi connectivity index (χ1n) is 7.33. The molecule has 1 aliphatic heterocycles. The molecule has 23 heavy (non-hydrogen) atoms. The lowest BCUT2D eigenvalue weighted by molar-refractivity contribution is -0.114. The predicted molar refractivity (Wildman–Crippen MR) is 87.0 cm³/mol. The van der Waals surface area contributed by atoms with E-state index in [0.717, 1.165) is 29.5 Å². The fraction of sp³-hybridized carbons (Fsp3) is 0.250. The quantitative estimate of drug-likeness (QED) is 0.884. The number of carbonyl (C=O) groups is 2. The van der Waals surface area contributed by atoms with Crippen molar-refractivity contribution in [2.45, 2.75) is 19.8 Å². The number of carbonyl (C=O) groups excluding carboxylic acids is 2. The Morgan fingerprint density at radius 3 is 2.74 bits per heavy atom. The van der Waals surface area contributed by atoms with Gasteiger partial charge in [-0.1, -0.05) is 0 Å². The monoisotopic (exact) mass is 311 g/mol. The summed E-state index contributed by atoms with van der Waals surface area (Å²) < 4.78 is 0. The molecule has 0 saturated heterocycles. The highest BCUT2D eigenvalue weighted by Gasteiger charge is 2.22. The Bertz CT molecular complexity index is 775. The summed E-state index contributed by atoms with van der Waals surface area (Å²) in [6, 6.07) is 3.35. The number of aromatic nitrogens is 2. The lowest BCUT2D eigenvalue weighted by Gasteiger charge is -2.26. The van der Waals surface area contributed by atoms with E-state index < -0.39 is 6.03 Å². The van der Waals surface area contributed by atoms with Crippen molar-refractivity contribution in [1.82, 2.24) is 9.97 Å². The van der Waals surface area contributed by atoms with Gasteiger partial charge in [-0.25, -0.2) is 9.78 Å². The first-order valence-corrected chi connectivity index (χ1v) is 7.33. The summed E-state index contributed by atoms with van der Waals surface area (Å²) in [5.41, 5.74) is 8.74. The molecule has 1 aliphatic rings. The minimum absolute atomic E-state index is 0.149. The van der Waals surface area contributed by atoms with E-state index in [1.807, 2.05) is 12.1 Å². The number of hydrogen-bond donors (Lipinski definition) is 2. The number of urea groups is 1. The maximum absolute atomic E-state index is 11.5. The molecule has 3 amide bonds. The molecule has 0 aliphatic carbocycles. The van der Waals surface area contributed by atoms with Gasteiger partial charge in [-0.3, -0.25) is 14.7 Å². The fourth-order valence-corrected chi connectivity index (χ4v) is 2.71. The highest BCUT2D eigenvalue weighted by Crippen LogP contribution is 2.29. The van der Waals surface area contributed by atoms with Crippen LogP contribution in [-0.2, 0) is 11.2 Å². The Kier molecular flexibility index (Phi) is 3.92. The number of primary amides is 1. The molecule has 0 bridgehead atoms. The second-order valence-corrected chi connectivity index (χ2v) is 5.44. The molecule has 3 heterocycles. The van der Waals surface area contributed by atoms with Gasteiger partial charge in [0, 0.05) is 37.0 Å². The second kappa shape index (κ2) is 6.04. The van der Waals surface area contributed by atoms with E-state index >= 15 is 0 Å². The number of fused-ring (bicyclic) bond motifs is 1. The minimum Gasteiger partial charge on any atom is -0.351 e. The third-order valence-electron chi connectivity index (χ3n) is 3.68. The van der Waals surface area contributed by atoms with Crippen molar-refractivity contribution in [3.05, 3.63) is 36.3 Å². The maximum atomic E-state index is 11.5. The number of nitrogens with one attached hydrogen (secondary N) is 1. The van der Waals surface area contributed by atoms with Gasteiger partial charge < -0.3 is 11.1 Å². The van der Waals surface area contributed by atoms with Crippen LogP contribution in [-0.4, -0.2) is 28.5 Å². The number of aryl methyl sites for hydroxylation is 1. The first kappa shape index (κ1) is 15.0. The van der Waals surface area contributed by atoms with Crippen molar-refractivity contribution in [1.29, 1.82) is 0 Å². The molecule has 2 aromatic heterocycles. The van der Waals surface area contributed by atoms with Gasteiger partial charge in [-0.15, -0.1) is 0 Å². The first-order chi connectivity index (χ1) is 11.0. The molecule has 0 spiro atoms. The normalized spacial score (nSPS) is 13.3. The summed E-state index contributed by atoms with van der Waals surface area (Å²) in [6.45, 7) is 2.04. The van der Waals surface area contributed by atoms with Crippen LogP contribution >= 0.6 is 0 Å². The second-order valence-electron chi connectivity index (χ2n) is 5.44. The molecule has 3 N–H and O–H groups in total. The lowest BCUT2D eigenvalue weighted by Crippen LogP contribution is -2.40. The van der Waals surface area contributed by atoms with Crippen molar-refractivity contribution < 1.29 is 9.59 Å². The van der Waals surface area contributed by atoms with Crippen LogP contribution < -0.4 is 16.0 Å². The van der Waals surface area contributed by atoms with Crippen LogP contribution in [0.1, 0.15) is 18.9 Å². The zero-order chi connectivity index (χ0) is 16.4. The highest BCUT2D eigenvalue weighted by molar-refractivity contribution is 5.91. The minimum atomic E-state index is -0.486. The number of anilines is 2. The Hall–Kier alpha value is -2.96. The smallest absolute Gasteiger partial charge is 0.320 e. The van der Waals surface area contributed by atoms with E-state index in [9.17, 15) is 9.59 Å². The molecule has 7 nitrogen and oxygen atoms in total. The molecule has 2 aromatic rings. The molecule has 0 atom stereocenters. The summed E-state index contributed by atoms with van der Waals surface area (Å²) in [4.78, 5) is 32.7. The fourth-order valence-electron chi connectivity index (χ4n) is 2.71. The van der Waals surface area contributed by atoms with Crippen LogP contribution in [0.15, 0.2) is 30.7 Å². The Labute approximate surface area is 133 Å². The zero-order valence-electron chi connectivity index (χ0n) is 12.7. The van der Waals surface area contributed by atoms with E-state index in [2.05, 4.69) is 15.3 Å². The zero-order valence-corrected chi connectivity index (χ0v) is 12.7. The van der Waals surface area contributed by atoms with Gasteiger partial charge in [0.15, 0.2) is 0 Å². The van der Waals surface area contributed by atoms with Crippen LogP contribution in [0, 0.1) is 0 Å². The summed E-state index contributed by atoms with van der Waals surface area (Å²) in [5.74, 6) is 0.475. The number of pyridine rings is 2. The van der Waals surface area contributed by atoms with Crippen LogP contribution in [0.25, 0.3) is 11.1 Å². The SMILES string of the molecule is CC(=O)Nc1cncc(-c2cnc3c(c2)CCCN3C(N)=O)c1. The van der Waals surface area contributed by atoms with E-state index in [0.29, 0.717) is 18.1 Å². The largest absolute Gasteiger partial charge is 0.351 e. The van der Waals surface area contributed by atoms with Gasteiger partial charge in [-0.2, -0.15) is 0 Å². The van der Waals surface area contributed by atoms with Crippen LogP contribution in [0.4, 0.5) is 16.3 Å². The summed E-state index contributed by atoms with van der Waals surface area (Å²) >= 11 is 0. The van der Waals surface area contributed by atoms with Gasteiger partial charge >= 0.3 is 6.03 Å². The van der Waals surface area contributed by atoms with Crippen LogP contribution in [0.5, 0.6) is 0 Å². The topological polar surface area (TPSA) is 101 Å². The lowest BCUT2D eigenvalue weighted by atomic mass is 10.0. The number of amides is 3. The summed E-state index contributed by atoms with van der Waals surface area (Å²) in [6.07, 6.45) is 6.69. The van der Waals surface area contributed by atoms with Gasteiger partial charge in [0.1, 0.15) is 5.82 Å². The standard InChI is InChI=1S/C16H17N5O2/c1-10(22)20-14-6-13(7-18-9-14)12-5-11-3-2-4-21(16(17)23)15(11)19-8-12/h5-9H,2-4H2,1H3,(H2,17,23)(H,20,22). The number of nitrogens with two attached hydrogens (primary N) is 1. The molecule has 0 radical (unpaired) electrons. The van der Waals surface area contributed by atoms with Crippen molar-refractivity contribution in [2.24, 2.45) is 5.73 Å². The van der Waals surface area contributed by atoms with E-state index in [4.69, 9.17) is 5.73 Å². The highest BCUT2D eigenvalue weighted by atomic mass is 16.2. The van der Waals surface area contributed by atoms with E-state index in [1.54, 1.807) is 18.6 Å². The average molecular weight is 311 g/mol. The number of hydrogen-bond acceptors (Lipinski definition) is 4. The Morgan fingerprint density at radius 1 is 1.22 bits per heavy atom. The molecule has 0 unspecified atom stereocenters. The third-order valence-corrected chi connectivity index (χ3v) is 3.68. The summed E-state index contributed by atoms with van der Waals surface area (Å²) in [7, 11) is 0. The van der Waals surface area contributed by atoms with Gasteiger partial charge in [0.05, 0.1) is 11.9 Å². The molecular weight excluding hydrogens is 294 g/mol. The summed E-state index contributed by atoms with van der Waals surface area (Å²) in [5, 5.41) is 2.71. The molecule has 3 rings (SSSR count). The predicted octanol–water partition coefficient (Wildman–Crippen LogP) is 1.93. The Balaban J connectivity index is 1.96. The Morgan fingerprint density at radius 2 is 2.00 bits per heavy atom. The van der Waals surface area contributed by atoms with Crippen molar-refractivity contribution in [3.63, 3.8) is 0 Å². The van der Waals surface area contributed by atoms with Crippen molar-refractivity contribution >= 4 is 23.4 Å². The molecule has 118 valence electrons. The molecule has 0 aromatic carbocycles. The van der Waals surface area contributed by atoms with Crippen molar-refractivity contribution in [2.75, 3.05) is 16.8 Å². The molecule has 0 fully saturated rings. The number of nitrogens with zero attached hydrogens (tertiary/aromatic N) is 3. The maximum Gasteiger partial charge on any atom is 0.320 e. The van der Waals surface area contributed by atoms with Crippen LogP contribution in [0.2, 0.25) is 0 Å². The van der Waals surface area contributed by atoms with E-state index in [-0.39, 0.29) is 5.91 Å². The van der Waals surface area contributed by atoms with Gasteiger partial charge in [0.2, 0.25) is 5.91 Å². The van der Waals surface area contributed by atoms with Crippen LogP contribution in [0.3, 0.4) is 0 Å². The number of rotatable bonds is 2. The molecule has 7 heteroatoms.